The van der Waals surface area contributed by atoms with Gasteiger partial charge in [-0.05, 0) is 106 Å². The molecule has 0 saturated carbocycles. The van der Waals surface area contributed by atoms with E-state index in [4.69, 9.17) is 0 Å². The van der Waals surface area contributed by atoms with Crippen LogP contribution in [0.5, 0.6) is 0 Å². The lowest BCUT2D eigenvalue weighted by Crippen LogP contribution is -2.60. The normalized spacial score (nSPS) is 13.7. The Morgan fingerprint density at radius 3 is 1.56 bits per heavy atom. The van der Waals surface area contributed by atoms with Crippen LogP contribution in [0.3, 0.4) is 0 Å². The smallest absolute Gasteiger partial charge is 0.264 e. The number of hydrogen-bond acceptors (Lipinski definition) is 4. The standard InChI is InChI=1S/C58H46BN3S2/c1-57(2,3)35-25-29-37(30-26-35)60-46-21-14-22-47-52(46)59(56-53(60)42-33-34-50-51(55(42)64-56)41-17-9-12-24-49(41)63-50)43-18-13-23-48(54(43)61(47)38-31-27-36(28-32-38)58(4,5)6)62-44-19-10-7-15-39(44)40-16-8-11-20-45(40)62/h7-34H,1-6H3. The first-order valence-corrected chi connectivity index (χ1v) is 24.1. The van der Waals surface area contributed by atoms with E-state index in [-0.39, 0.29) is 17.5 Å². The fourth-order valence-corrected chi connectivity index (χ4v) is 13.5. The number of benzene rings is 8. The van der Waals surface area contributed by atoms with Crippen molar-refractivity contribution < 1.29 is 0 Å². The van der Waals surface area contributed by atoms with Gasteiger partial charge in [-0.3, -0.25) is 0 Å². The van der Waals surface area contributed by atoms with Gasteiger partial charge in [-0.1, -0.05) is 139 Å². The molecule has 3 aromatic heterocycles. The van der Waals surface area contributed by atoms with Crippen molar-refractivity contribution in [2.24, 2.45) is 0 Å². The fraction of sp³-hybridized carbons (Fsp3) is 0.138. The highest BCUT2D eigenvalue weighted by Crippen LogP contribution is 2.52. The van der Waals surface area contributed by atoms with Crippen LogP contribution in [0.2, 0.25) is 0 Å². The van der Waals surface area contributed by atoms with E-state index in [0.717, 1.165) is 5.69 Å². The Bertz CT molecular complexity index is 3650. The maximum Gasteiger partial charge on any atom is 0.264 e. The molecule has 2 aliphatic rings. The minimum absolute atomic E-state index is 0.00297. The average molecular weight is 860 g/mol. The summed E-state index contributed by atoms with van der Waals surface area (Å²) in [6.07, 6.45) is 0. The summed E-state index contributed by atoms with van der Waals surface area (Å²) < 4.78 is 7.96. The van der Waals surface area contributed by atoms with Crippen molar-refractivity contribution in [3.63, 3.8) is 0 Å². The van der Waals surface area contributed by atoms with Gasteiger partial charge in [0.05, 0.1) is 28.1 Å². The van der Waals surface area contributed by atoms with Gasteiger partial charge in [-0.2, -0.15) is 0 Å². The van der Waals surface area contributed by atoms with Crippen molar-refractivity contribution in [2.75, 3.05) is 9.80 Å². The predicted octanol–water partition coefficient (Wildman–Crippen LogP) is 15.0. The molecule has 0 saturated heterocycles. The molecule has 64 heavy (non-hydrogen) atoms. The number of rotatable bonds is 3. The van der Waals surface area contributed by atoms with Gasteiger partial charge in [0.15, 0.2) is 0 Å². The molecule has 5 heterocycles. The van der Waals surface area contributed by atoms with E-state index >= 15 is 0 Å². The molecule has 8 aromatic carbocycles. The van der Waals surface area contributed by atoms with Gasteiger partial charge in [-0.15, -0.1) is 22.7 Å². The zero-order chi connectivity index (χ0) is 43.2. The molecule has 0 unspecified atom stereocenters. The highest BCUT2D eigenvalue weighted by atomic mass is 32.1. The van der Waals surface area contributed by atoms with Gasteiger partial charge in [0.2, 0.25) is 0 Å². The SMILES string of the molecule is CC(C)(C)c1ccc(N2c3cccc4c3B(c3cccc(-n5c6ccccc6c6ccccc65)c32)c2sc3c(ccc5sc6ccccc6c53)c2N4c2ccc(C(C)(C)C)cc2)cc1. The summed E-state index contributed by atoms with van der Waals surface area (Å²) in [6, 6.07) is 64.4. The number of hydrogen-bond donors (Lipinski definition) is 0. The Labute approximate surface area is 382 Å². The van der Waals surface area contributed by atoms with Crippen LogP contribution in [0.1, 0.15) is 52.7 Å². The third-order valence-corrected chi connectivity index (χ3v) is 16.3. The lowest BCUT2D eigenvalue weighted by Gasteiger charge is -2.43. The van der Waals surface area contributed by atoms with Crippen LogP contribution in [0.4, 0.5) is 34.1 Å². The molecule has 0 bridgehead atoms. The Kier molecular flexibility index (Phi) is 7.98. The number of nitrogens with zero attached hydrogens (tertiary/aromatic N) is 3. The van der Waals surface area contributed by atoms with E-state index in [1.54, 1.807) is 0 Å². The summed E-state index contributed by atoms with van der Waals surface area (Å²) in [5.74, 6) is 0. The summed E-state index contributed by atoms with van der Waals surface area (Å²) in [5.41, 5.74) is 16.3. The molecule has 0 N–H and O–H groups in total. The molecule has 2 aliphatic heterocycles. The van der Waals surface area contributed by atoms with Gasteiger partial charge in [0, 0.05) is 68.6 Å². The summed E-state index contributed by atoms with van der Waals surface area (Å²) in [5, 5.41) is 6.56. The molecule has 3 nitrogen and oxygen atoms in total. The van der Waals surface area contributed by atoms with Crippen LogP contribution in [0.25, 0.3) is 57.8 Å². The first-order chi connectivity index (χ1) is 31.0. The second-order valence-electron chi connectivity index (χ2n) is 19.7. The van der Waals surface area contributed by atoms with Crippen molar-refractivity contribution in [1.29, 1.82) is 0 Å². The molecule has 0 fully saturated rings. The van der Waals surface area contributed by atoms with Crippen LogP contribution < -0.4 is 25.5 Å². The van der Waals surface area contributed by atoms with Crippen LogP contribution in [-0.2, 0) is 10.8 Å². The Hall–Kier alpha value is -6.60. The van der Waals surface area contributed by atoms with Crippen molar-refractivity contribution in [3.05, 3.63) is 181 Å². The third kappa shape index (κ3) is 5.33. The van der Waals surface area contributed by atoms with Crippen LogP contribution in [-0.4, -0.2) is 11.3 Å². The molecule has 13 rings (SSSR count). The zero-order valence-electron chi connectivity index (χ0n) is 36.9. The number of thiophene rings is 2. The van der Waals surface area contributed by atoms with Gasteiger partial charge in [-0.25, -0.2) is 0 Å². The van der Waals surface area contributed by atoms with Crippen LogP contribution in [0.15, 0.2) is 170 Å². The Morgan fingerprint density at radius 2 is 0.953 bits per heavy atom. The van der Waals surface area contributed by atoms with Gasteiger partial charge < -0.3 is 14.4 Å². The summed E-state index contributed by atoms with van der Waals surface area (Å²) in [4.78, 5) is 5.18. The van der Waals surface area contributed by atoms with Crippen LogP contribution >= 0.6 is 22.7 Å². The molecule has 0 spiro atoms. The minimum atomic E-state index is -0.00297. The first-order valence-electron chi connectivity index (χ1n) is 22.5. The number of anilines is 6. The van der Waals surface area contributed by atoms with E-state index < -0.39 is 0 Å². The predicted molar refractivity (Wildman–Crippen MR) is 280 cm³/mol. The second-order valence-corrected chi connectivity index (χ2v) is 21.9. The van der Waals surface area contributed by atoms with E-state index in [9.17, 15) is 0 Å². The monoisotopic (exact) mass is 859 g/mol. The van der Waals surface area contributed by atoms with E-state index in [1.807, 2.05) is 22.7 Å². The first kappa shape index (κ1) is 37.9. The van der Waals surface area contributed by atoms with E-state index in [2.05, 4.69) is 226 Å². The van der Waals surface area contributed by atoms with Crippen LogP contribution in [0, 0.1) is 0 Å². The van der Waals surface area contributed by atoms with E-state index in [0.29, 0.717) is 0 Å². The third-order valence-electron chi connectivity index (χ3n) is 13.9. The van der Waals surface area contributed by atoms with Gasteiger partial charge >= 0.3 is 0 Å². The molecular formula is C58H46BN3S2. The second kappa shape index (κ2) is 13.5. The lowest BCUT2D eigenvalue weighted by molar-refractivity contribution is 0.590. The average Bonchev–Trinajstić information content (AvgIpc) is 3.98. The molecule has 0 atom stereocenters. The highest BCUT2D eigenvalue weighted by Gasteiger charge is 2.46. The number of para-hydroxylation sites is 3. The Balaban J connectivity index is 1.16. The van der Waals surface area contributed by atoms with Crippen molar-refractivity contribution in [2.45, 2.75) is 52.4 Å². The summed E-state index contributed by atoms with van der Waals surface area (Å²) in [6.45, 7) is 13.8. The number of aromatic nitrogens is 1. The zero-order valence-corrected chi connectivity index (χ0v) is 38.5. The quantitative estimate of drug-likeness (QED) is 0.164. The Morgan fingerprint density at radius 1 is 0.422 bits per heavy atom. The molecule has 308 valence electrons. The highest BCUT2D eigenvalue weighted by molar-refractivity contribution is 7.35. The van der Waals surface area contributed by atoms with Gasteiger partial charge in [0.1, 0.15) is 0 Å². The summed E-state index contributed by atoms with van der Waals surface area (Å²) in [7, 11) is 0. The van der Waals surface area contributed by atoms with E-state index in [1.165, 1.54) is 113 Å². The summed E-state index contributed by atoms with van der Waals surface area (Å²) >= 11 is 3.91. The van der Waals surface area contributed by atoms with Crippen molar-refractivity contribution in [3.8, 4) is 5.69 Å². The largest absolute Gasteiger partial charge is 0.310 e. The topological polar surface area (TPSA) is 11.4 Å². The molecule has 6 heteroatoms. The maximum absolute atomic E-state index is 2.60. The fourth-order valence-electron chi connectivity index (χ4n) is 10.8. The molecule has 11 aromatic rings. The lowest BCUT2D eigenvalue weighted by atomic mass is 9.36. The molecule has 0 aliphatic carbocycles. The molecule has 0 radical (unpaired) electrons. The molecule has 0 amide bonds. The maximum atomic E-state index is 2.60. The number of fused-ring (bicyclic) bond motifs is 13. The van der Waals surface area contributed by atoms with Gasteiger partial charge in [0.25, 0.3) is 6.71 Å². The minimum Gasteiger partial charge on any atom is -0.310 e. The van der Waals surface area contributed by atoms with Crippen molar-refractivity contribution >= 4 is 131 Å². The molecular weight excluding hydrogens is 814 g/mol. The van der Waals surface area contributed by atoms with Crippen molar-refractivity contribution in [1.82, 2.24) is 4.57 Å².